The molecule has 21 heavy (non-hydrogen) atoms. The molecule has 0 aliphatic carbocycles. The van der Waals surface area contributed by atoms with E-state index in [2.05, 4.69) is 15.2 Å². The molecule has 0 bridgehead atoms. The Morgan fingerprint density at radius 1 is 1.43 bits per heavy atom. The molecule has 0 unspecified atom stereocenters. The molecule has 1 aliphatic heterocycles. The summed E-state index contributed by atoms with van der Waals surface area (Å²) in [6.45, 7) is 3.27. The van der Waals surface area contributed by atoms with Gasteiger partial charge in [0.25, 0.3) is 0 Å². The van der Waals surface area contributed by atoms with Crippen LogP contribution >= 0.6 is 0 Å². The quantitative estimate of drug-likeness (QED) is 0.875. The third kappa shape index (κ3) is 4.86. The minimum Gasteiger partial charge on any atom is -0.396 e. The van der Waals surface area contributed by atoms with Crippen LogP contribution < -0.4 is 5.32 Å². The van der Waals surface area contributed by atoms with E-state index >= 15 is 0 Å². The van der Waals surface area contributed by atoms with Crippen molar-refractivity contribution in [3.63, 3.8) is 0 Å². The third-order valence-electron chi connectivity index (χ3n) is 3.68. The molecule has 2 heterocycles. The molecule has 7 heteroatoms. The highest BCUT2D eigenvalue weighted by Crippen LogP contribution is 2.29. The Morgan fingerprint density at radius 3 is 2.95 bits per heavy atom. The zero-order valence-corrected chi connectivity index (χ0v) is 11.7. The van der Waals surface area contributed by atoms with Crippen molar-refractivity contribution in [2.75, 3.05) is 38.1 Å². The van der Waals surface area contributed by atoms with Gasteiger partial charge in [0.1, 0.15) is 5.82 Å². The van der Waals surface area contributed by atoms with Crippen molar-refractivity contribution in [2.24, 2.45) is 5.92 Å². The summed E-state index contributed by atoms with van der Waals surface area (Å²) in [6.07, 6.45) is -1.10. The van der Waals surface area contributed by atoms with E-state index in [1.807, 2.05) is 0 Å². The predicted octanol–water partition coefficient (Wildman–Crippen LogP) is 2.22. The second kappa shape index (κ2) is 7.09. The van der Waals surface area contributed by atoms with Crippen molar-refractivity contribution in [3.8, 4) is 0 Å². The number of aliphatic hydroxyl groups is 1. The van der Waals surface area contributed by atoms with Crippen molar-refractivity contribution in [3.05, 3.63) is 23.9 Å². The van der Waals surface area contributed by atoms with Gasteiger partial charge in [0.05, 0.1) is 5.56 Å². The molecule has 118 valence electrons. The van der Waals surface area contributed by atoms with Crippen LogP contribution in [0.15, 0.2) is 18.3 Å². The van der Waals surface area contributed by atoms with Gasteiger partial charge in [-0.2, -0.15) is 13.2 Å². The maximum Gasteiger partial charge on any atom is 0.416 e. The molecule has 0 amide bonds. The fourth-order valence-electron chi connectivity index (χ4n) is 2.55. The molecule has 1 saturated heterocycles. The number of alkyl halides is 3. The molecule has 1 aromatic heterocycles. The van der Waals surface area contributed by atoms with Crippen molar-refractivity contribution in [1.29, 1.82) is 0 Å². The largest absolute Gasteiger partial charge is 0.416 e. The molecule has 0 saturated carbocycles. The van der Waals surface area contributed by atoms with Crippen LogP contribution in [0.4, 0.5) is 19.0 Å². The van der Waals surface area contributed by atoms with Crippen LogP contribution in [0.2, 0.25) is 0 Å². The number of hydrogen-bond donors (Lipinski definition) is 2. The molecule has 2 N–H and O–H groups in total. The number of aliphatic hydroxyl groups excluding tert-OH is 1. The van der Waals surface area contributed by atoms with Gasteiger partial charge in [0.15, 0.2) is 0 Å². The van der Waals surface area contributed by atoms with Gasteiger partial charge in [-0.05, 0) is 37.4 Å². The van der Waals surface area contributed by atoms with E-state index < -0.39 is 11.7 Å². The van der Waals surface area contributed by atoms with E-state index in [0.717, 1.165) is 50.8 Å². The first-order valence-corrected chi connectivity index (χ1v) is 7.09. The second-order valence-electron chi connectivity index (χ2n) is 5.35. The van der Waals surface area contributed by atoms with Crippen LogP contribution in [-0.2, 0) is 6.18 Å². The molecule has 1 atom stereocenters. The molecule has 1 aromatic rings. The molecule has 0 aromatic carbocycles. The number of hydrogen-bond acceptors (Lipinski definition) is 4. The number of nitrogens with one attached hydrogen (secondary N) is 1. The van der Waals surface area contributed by atoms with Crippen LogP contribution in [0, 0.1) is 5.92 Å². The van der Waals surface area contributed by atoms with Crippen molar-refractivity contribution in [1.82, 2.24) is 9.88 Å². The lowest BCUT2D eigenvalue weighted by Gasteiger charge is -2.31. The summed E-state index contributed by atoms with van der Waals surface area (Å²) in [5.74, 6) is 0.547. The lowest BCUT2D eigenvalue weighted by atomic mass is 9.99. The Morgan fingerprint density at radius 2 is 2.24 bits per heavy atom. The smallest absolute Gasteiger partial charge is 0.396 e. The maximum absolute atomic E-state index is 12.6. The van der Waals surface area contributed by atoms with E-state index in [-0.39, 0.29) is 12.4 Å². The van der Waals surface area contributed by atoms with Gasteiger partial charge in [-0.3, -0.25) is 0 Å². The molecule has 0 radical (unpaired) electrons. The van der Waals surface area contributed by atoms with Crippen molar-refractivity contribution in [2.45, 2.75) is 19.0 Å². The highest BCUT2D eigenvalue weighted by molar-refractivity contribution is 5.38. The van der Waals surface area contributed by atoms with E-state index in [9.17, 15) is 13.2 Å². The molecule has 4 nitrogen and oxygen atoms in total. The van der Waals surface area contributed by atoms with E-state index in [1.165, 1.54) is 0 Å². The molecular weight excluding hydrogens is 283 g/mol. The minimum atomic E-state index is -4.35. The van der Waals surface area contributed by atoms with Crippen molar-refractivity contribution >= 4 is 5.82 Å². The number of pyridine rings is 1. The summed E-state index contributed by atoms with van der Waals surface area (Å²) in [6, 6.07) is 1.98. The summed E-state index contributed by atoms with van der Waals surface area (Å²) < 4.78 is 37.7. The van der Waals surface area contributed by atoms with Gasteiger partial charge < -0.3 is 15.3 Å². The Labute approximate surface area is 122 Å². The highest BCUT2D eigenvalue weighted by atomic mass is 19.4. The van der Waals surface area contributed by atoms with Gasteiger partial charge in [0, 0.05) is 32.4 Å². The number of halogens is 3. The molecule has 1 fully saturated rings. The Kier molecular flexibility index (Phi) is 5.41. The zero-order chi connectivity index (χ0) is 15.3. The average Bonchev–Trinajstić information content (AvgIpc) is 2.47. The molecule has 2 rings (SSSR count). The fraction of sp³-hybridized carbons (Fsp3) is 0.643. The third-order valence-corrected chi connectivity index (χ3v) is 3.68. The van der Waals surface area contributed by atoms with E-state index in [1.54, 1.807) is 0 Å². The monoisotopic (exact) mass is 303 g/mol. The summed E-state index contributed by atoms with van der Waals surface area (Å²) in [4.78, 5) is 6.11. The minimum absolute atomic E-state index is 0.194. The second-order valence-corrected chi connectivity index (χ2v) is 5.35. The topological polar surface area (TPSA) is 48.4 Å². The van der Waals surface area contributed by atoms with Crippen LogP contribution in [0.1, 0.15) is 18.4 Å². The van der Waals surface area contributed by atoms with E-state index in [4.69, 9.17) is 5.11 Å². The van der Waals surface area contributed by atoms with Crippen LogP contribution in [0.3, 0.4) is 0 Å². The normalized spacial score (nSPS) is 20.5. The first-order valence-electron chi connectivity index (χ1n) is 7.09. The number of rotatable bonds is 5. The highest BCUT2D eigenvalue weighted by Gasteiger charge is 2.30. The number of piperidine rings is 1. The van der Waals surface area contributed by atoms with Crippen LogP contribution in [-0.4, -0.2) is 47.8 Å². The lowest BCUT2D eigenvalue weighted by molar-refractivity contribution is -0.137. The number of likely N-dealkylation sites (tertiary alicyclic amines) is 1. The Hall–Kier alpha value is -1.34. The zero-order valence-electron chi connectivity index (χ0n) is 11.7. The fourth-order valence-corrected chi connectivity index (χ4v) is 2.55. The van der Waals surface area contributed by atoms with Gasteiger partial charge >= 0.3 is 6.18 Å². The SMILES string of the molecule is OC[C@@H]1CCCN(CCNc2cc(C(F)(F)F)ccn2)C1. The van der Waals surface area contributed by atoms with Gasteiger partial charge in [-0.15, -0.1) is 0 Å². The van der Waals surface area contributed by atoms with Crippen LogP contribution in [0.25, 0.3) is 0 Å². The standard InChI is InChI=1S/C14H20F3N3O/c15-14(16,17)12-3-4-18-13(8-12)19-5-7-20-6-1-2-11(9-20)10-21/h3-4,8,11,21H,1-2,5-7,9-10H2,(H,18,19)/t11-/m1/s1. The summed E-state index contributed by atoms with van der Waals surface area (Å²) in [5.41, 5.74) is -0.696. The van der Waals surface area contributed by atoms with Gasteiger partial charge in [0.2, 0.25) is 0 Å². The first-order chi connectivity index (χ1) is 9.99. The number of aromatic nitrogens is 1. The number of anilines is 1. The summed E-state index contributed by atoms with van der Waals surface area (Å²) in [7, 11) is 0. The average molecular weight is 303 g/mol. The van der Waals surface area contributed by atoms with Gasteiger partial charge in [-0.1, -0.05) is 0 Å². The van der Waals surface area contributed by atoms with Crippen molar-refractivity contribution < 1.29 is 18.3 Å². The predicted molar refractivity (Wildman–Crippen MR) is 74.0 cm³/mol. The lowest BCUT2D eigenvalue weighted by Crippen LogP contribution is -2.39. The summed E-state index contributed by atoms with van der Waals surface area (Å²) in [5, 5.41) is 12.1. The number of nitrogens with zero attached hydrogens (tertiary/aromatic N) is 2. The summed E-state index contributed by atoms with van der Waals surface area (Å²) >= 11 is 0. The molecular formula is C14H20F3N3O. The first kappa shape index (κ1) is 16.0. The molecule has 0 spiro atoms. The Balaban J connectivity index is 1.81. The van der Waals surface area contributed by atoms with Crippen LogP contribution in [0.5, 0.6) is 0 Å². The molecule has 1 aliphatic rings. The van der Waals surface area contributed by atoms with Gasteiger partial charge in [-0.25, -0.2) is 4.98 Å². The maximum atomic E-state index is 12.6. The van der Waals surface area contributed by atoms with E-state index in [0.29, 0.717) is 12.5 Å². The Bertz CT molecular complexity index is 453.